The SMILES string of the molecule is CN(C(=O)O)[C@H]1CCN(c2cc(C(N)=O)cc(Nc3nc(NC4CC4)c4ncc(C#N)n4n3)c2Cl)C[C@H]1O. The van der Waals surface area contributed by atoms with Crippen molar-refractivity contribution < 1.29 is 19.8 Å². The summed E-state index contributed by atoms with van der Waals surface area (Å²) in [4.78, 5) is 35.2. The Labute approximate surface area is 221 Å². The van der Waals surface area contributed by atoms with Gasteiger partial charge in [-0.2, -0.15) is 14.8 Å². The maximum atomic E-state index is 12.2. The minimum Gasteiger partial charge on any atom is -0.465 e. The van der Waals surface area contributed by atoms with Crippen molar-refractivity contribution >= 4 is 52.4 Å². The Balaban J connectivity index is 1.50. The number of hydrogen-bond acceptors (Lipinski definition) is 10. The molecule has 14 nitrogen and oxygen atoms in total. The van der Waals surface area contributed by atoms with Gasteiger partial charge in [-0.05, 0) is 31.4 Å². The van der Waals surface area contributed by atoms with E-state index < -0.39 is 24.1 Å². The topological polar surface area (TPSA) is 198 Å². The molecule has 198 valence electrons. The number of piperidine rings is 1. The Morgan fingerprint density at radius 2 is 2.08 bits per heavy atom. The van der Waals surface area contributed by atoms with Gasteiger partial charge in [0.05, 0.1) is 34.7 Å². The van der Waals surface area contributed by atoms with E-state index >= 15 is 0 Å². The van der Waals surface area contributed by atoms with Crippen LogP contribution in [0.5, 0.6) is 0 Å². The summed E-state index contributed by atoms with van der Waals surface area (Å²) >= 11 is 6.77. The first-order valence-electron chi connectivity index (χ1n) is 11.9. The molecule has 2 fully saturated rings. The average Bonchev–Trinajstić information content (AvgIpc) is 3.60. The van der Waals surface area contributed by atoms with Crippen molar-refractivity contribution in [2.24, 2.45) is 5.73 Å². The van der Waals surface area contributed by atoms with Gasteiger partial charge in [0, 0.05) is 31.7 Å². The Hall–Kier alpha value is -4.35. The molecule has 1 aliphatic carbocycles. The lowest BCUT2D eigenvalue weighted by atomic mass is 9.99. The third-order valence-electron chi connectivity index (χ3n) is 6.67. The number of anilines is 4. The number of nitrogens with two attached hydrogens (primary N) is 1. The summed E-state index contributed by atoms with van der Waals surface area (Å²) in [5.74, 6) is -0.144. The quantitative estimate of drug-likeness (QED) is 0.291. The van der Waals surface area contributed by atoms with Gasteiger partial charge in [-0.1, -0.05) is 11.6 Å². The summed E-state index contributed by atoms with van der Waals surface area (Å²) < 4.78 is 1.37. The summed E-state index contributed by atoms with van der Waals surface area (Å²) in [6, 6.07) is 4.71. The monoisotopic (exact) mass is 540 g/mol. The number of nitriles is 1. The molecule has 1 aromatic carbocycles. The number of amides is 2. The fraction of sp³-hybridized carbons (Fsp3) is 0.391. The van der Waals surface area contributed by atoms with Gasteiger partial charge in [-0.3, -0.25) is 4.79 Å². The summed E-state index contributed by atoms with van der Waals surface area (Å²) in [5, 5.41) is 40.4. The lowest BCUT2D eigenvalue weighted by Gasteiger charge is -2.40. The highest BCUT2D eigenvalue weighted by Gasteiger charge is 2.34. The standard InChI is InChI=1S/C23H25ClN10O4/c1-32(23(37)38)15-4-5-33(10-17(15)35)16-7-11(19(26)36)6-14(18(16)24)29-22-30-20(28-12-2-3-12)21-27-9-13(8-25)34(21)31-22/h6-7,9,12,15,17,35H,2-5,10H2,1H3,(H2,26,36)(H,37,38)(H2,28,29,30,31)/t15-,17+/m0/s1. The second-order valence-corrected chi connectivity index (χ2v) is 9.68. The number of fused-ring (bicyclic) bond motifs is 1. The number of nitrogens with one attached hydrogen (secondary N) is 2. The Morgan fingerprint density at radius 1 is 1.32 bits per heavy atom. The number of likely N-dealkylation sites (N-methyl/N-ethyl adjacent to an activating group) is 1. The van der Waals surface area contributed by atoms with Gasteiger partial charge in [-0.25, -0.2) is 9.78 Å². The molecule has 2 aromatic heterocycles. The highest BCUT2D eigenvalue weighted by molar-refractivity contribution is 6.36. The van der Waals surface area contributed by atoms with Crippen molar-refractivity contribution in [2.45, 2.75) is 37.5 Å². The van der Waals surface area contributed by atoms with Gasteiger partial charge in [0.15, 0.2) is 17.2 Å². The van der Waals surface area contributed by atoms with Crippen LogP contribution in [0.3, 0.4) is 0 Å². The molecule has 6 N–H and O–H groups in total. The predicted molar refractivity (Wildman–Crippen MR) is 138 cm³/mol. The van der Waals surface area contributed by atoms with Crippen LogP contribution in [-0.2, 0) is 0 Å². The lowest BCUT2D eigenvalue weighted by Crippen LogP contribution is -2.54. The summed E-state index contributed by atoms with van der Waals surface area (Å²) in [6.07, 6.45) is 1.62. The number of carboxylic acid groups (broad SMARTS) is 1. The van der Waals surface area contributed by atoms with E-state index in [1.807, 2.05) is 6.07 Å². The number of hydrogen-bond donors (Lipinski definition) is 5. The number of nitrogens with zero attached hydrogens (tertiary/aromatic N) is 7. The molecule has 0 unspecified atom stereocenters. The molecule has 2 aliphatic rings. The van der Waals surface area contributed by atoms with E-state index in [1.165, 1.54) is 29.9 Å². The van der Waals surface area contributed by atoms with Crippen molar-refractivity contribution in [1.29, 1.82) is 5.26 Å². The van der Waals surface area contributed by atoms with Crippen LogP contribution >= 0.6 is 11.6 Å². The molecule has 1 aliphatic heterocycles. The van der Waals surface area contributed by atoms with Crippen molar-refractivity contribution in [1.82, 2.24) is 24.5 Å². The number of carbonyl (C=O) groups excluding carboxylic acids is 1. The van der Waals surface area contributed by atoms with E-state index in [0.29, 0.717) is 30.1 Å². The molecule has 15 heteroatoms. The average molecular weight is 541 g/mol. The van der Waals surface area contributed by atoms with Crippen molar-refractivity contribution in [3.05, 3.63) is 34.6 Å². The Morgan fingerprint density at radius 3 is 2.71 bits per heavy atom. The van der Waals surface area contributed by atoms with Gasteiger partial charge in [0.25, 0.3) is 0 Å². The summed E-state index contributed by atoms with van der Waals surface area (Å²) in [5.41, 5.74) is 7.08. The zero-order chi connectivity index (χ0) is 27.1. The third kappa shape index (κ3) is 4.81. The molecular formula is C23H25ClN10O4. The van der Waals surface area contributed by atoms with E-state index in [1.54, 1.807) is 4.90 Å². The van der Waals surface area contributed by atoms with Crippen molar-refractivity contribution in [3.63, 3.8) is 0 Å². The van der Waals surface area contributed by atoms with Crippen LogP contribution in [0.25, 0.3) is 5.65 Å². The number of aromatic nitrogens is 4. The second-order valence-electron chi connectivity index (χ2n) is 9.30. The Bertz CT molecular complexity index is 1470. The molecule has 1 saturated carbocycles. The van der Waals surface area contributed by atoms with Gasteiger partial charge >= 0.3 is 6.09 Å². The molecule has 2 atom stereocenters. The largest absolute Gasteiger partial charge is 0.465 e. The molecule has 3 aromatic rings. The fourth-order valence-corrected chi connectivity index (χ4v) is 4.73. The number of β-amino-alcohol motifs (C(OH)–C–C–N with tert-alkyl or cyclic N) is 1. The number of rotatable bonds is 7. The Kier molecular flexibility index (Phi) is 6.55. The molecule has 2 amide bonds. The van der Waals surface area contributed by atoms with Crippen LogP contribution in [0.15, 0.2) is 18.3 Å². The van der Waals surface area contributed by atoms with Crippen molar-refractivity contribution in [3.8, 4) is 6.07 Å². The molecule has 38 heavy (non-hydrogen) atoms. The number of aliphatic hydroxyl groups excluding tert-OH is 1. The molecule has 5 rings (SSSR count). The normalized spacial score (nSPS) is 19.2. The lowest BCUT2D eigenvalue weighted by molar-refractivity contribution is 0.0497. The highest BCUT2D eigenvalue weighted by atomic mass is 35.5. The summed E-state index contributed by atoms with van der Waals surface area (Å²) in [6.45, 7) is 0.460. The minimum atomic E-state index is -1.13. The van der Waals surface area contributed by atoms with E-state index in [4.69, 9.17) is 17.3 Å². The van der Waals surface area contributed by atoms with Crippen LogP contribution in [0.2, 0.25) is 5.02 Å². The smallest absolute Gasteiger partial charge is 0.407 e. The molecular weight excluding hydrogens is 516 g/mol. The van der Waals surface area contributed by atoms with E-state index in [2.05, 4.69) is 25.7 Å². The number of aliphatic hydroxyl groups is 1. The first-order valence-corrected chi connectivity index (χ1v) is 12.3. The van der Waals surface area contributed by atoms with Crippen LogP contribution in [0, 0.1) is 11.3 Å². The first kappa shape index (κ1) is 25.3. The number of halogens is 1. The van der Waals surface area contributed by atoms with Crippen LogP contribution in [0.4, 0.5) is 27.9 Å². The first-order chi connectivity index (χ1) is 18.2. The maximum Gasteiger partial charge on any atom is 0.407 e. The second kappa shape index (κ2) is 9.84. The van der Waals surface area contributed by atoms with Crippen LogP contribution in [0.1, 0.15) is 35.3 Å². The highest BCUT2D eigenvalue weighted by Crippen LogP contribution is 2.38. The maximum absolute atomic E-state index is 12.2. The third-order valence-corrected chi connectivity index (χ3v) is 7.06. The summed E-state index contributed by atoms with van der Waals surface area (Å²) in [7, 11) is 1.41. The van der Waals surface area contributed by atoms with E-state index in [9.17, 15) is 25.1 Å². The van der Waals surface area contributed by atoms with Crippen LogP contribution < -0.4 is 21.3 Å². The predicted octanol–water partition coefficient (Wildman–Crippen LogP) is 1.62. The molecule has 1 saturated heterocycles. The zero-order valence-corrected chi connectivity index (χ0v) is 21.1. The molecule has 3 heterocycles. The van der Waals surface area contributed by atoms with Gasteiger partial charge in [-0.15, -0.1) is 5.10 Å². The van der Waals surface area contributed by atoms with E-state index in [0.717, 1.165) is 17.7 Å². The van der Waals surface area contributed by atoms with Gasteiger partial charge in [0.1, 0.15) is 6.07 Å². The molecule has 0 bridgehead atoms. The number of carbonyl (C=O) groups is 2. The number of primary amides is 1. The van der Waals surface area contributed by atoms with Crippen LogP contribution in [-0.4, -0.2) is 85.0 Å². The van der Waals surface area contributed by atoms with Crippen molar-refractivity contribution in [2.75, 3.05) is 35.7 Å². The molecule has 0 spiro atoms. The zero-order valence-electron chi connectivity index (χ0n) is 20.3. The fourth-order valence-electron chi connectivity index (χ4n) is 4.45. The number of benzene rings is 1. The number of imidazole rings is 1. The van der Waals surface area contributed by atoms with Gasteiger partial charge < -0.3 is 36.4 Å². The van der Waals surface area contributed by atoms with E-state index in [-0.39, 0.29) is 40.5 Å². The minimum absolute atomic E-state index is 0.0855. The molecule has 0 radical (unpaired) electrons. The van der Waals surface area contributed by atoms with Gasteiger partial charge in [0.2, 0.25) is 11.9 Å².